The van der Waals surface area contributed by atoms with E-state index >= 15 is 0 Å². The summed E-state index contributed by atoms with van der Waals surface area (Å²) in [6, 6.07) is 6.89. The lowest BCUT2D eigenvalue weighted by atomic mass is 9.90. The molecule has 2 heteroatoms. The third-order valence-corrected chi connectivity index (χ3v) is 4.30. The second kappa shape index (κ2) is 5.31. The van der Waals surface area contributed by atoms with Crippen LogP contribution in [0.3, 0.4) is 0 Å². The molecule has 2 nitrogen and oxygen atoms in total. The highest BCUT2D eigenvalue weighted by Gasteiger charge is 2.26. The molecule has 1 aliphatic heterocycles. The van der Waals surface area contributed by atoms with Crippen LogP contribution in [0, 0.1) is 5.92 Å². The van der Waals surface area contributed by atoms with Gasteiger partial charge in [-0.05, 0) is 74.2 Å². The predicted octanol–water partition coefficient (Wildman–Crippen LogP) is 3.11. The monoisotopic (exact) mass is 245 g/mol. The Kier molecular flexibility index (Phi) is 3.55. The molecule has 0 radical (unpaired) electrons. The Morgan fingerprint density at radius 3 is 2.61 bits per heavy atom. The Morgan fingerprint density at radius 2 is 1.94 bits per heavy atom. The van der Waals surface area contributed by atoms with E-state index in [2.05, 4.69) is 23.5 Å². The van der Waals surface area contributed by atoms with E-state index in [1.807, 2.05) is 0 Å². The Hall–Kier alpha value is -1.02. The average Bonchev–Trinajstić information content (AvgIpc) is 3.24. The Labute approximate surface area is 110 Å². The molecule has 0 amide bonds. The van der Waals surface area contributed by atoms with Gasteiger partial charge in [0, 0.05) is 0 Å². The summed E-state index contributed by atoms with van der Waals surface area (Å²) in [5.41, 5.74) is 2.87. The van der Waals surface area contributed by atoms with Gasteiger partial charge < -0.3 is 10.1 Å². The van der Waals surface area contributed by atoms with Crippen LogP contribution in [0.5, 0.6) is 5.75 Å². The maximum absolute atomic E-state index is 5.56. The molecule has 1 saturated heterocycles. The highest BCUT2D eigenvalue weighted by molar-refractivity contribution is 5.42. The lowest BCUT2D eigenvalue weighted by molar-refractivity contribution is 0.371. The lowest BCUT2D eigenvalue weighted by Gasteiger charge is -2.23. The molecular formula is C16H23NO. The first-order chi connectivity index (χ1) is 8.86. The molecule has 1 aromatic carbocycles. The summed E-state index contributed by atoms with van der Waals surface area (Å²) in [6.07, 6.45) is 6.51. The third-order valence-electron chi connectivity index (χ3n) is 4.30. The highest BCUT2D eigenvalue weighted by atomic mass is 16.5. The fourth-order valence-corrected chi connectivity index (χ4v) is 3.03. The molecule has 18 heavy (non-hydrogen) atoms. The predicted molar refractivity (Wildman–Crippen MR) is 74.3 cm³/mol. The van der Waals surface area contributed by atoms with Crippen LogP contribution in [0.2, 0.25) is 0 Å². The number of methoxy groups -OCH3 is 1. The molecule has 2 aliphatic rings. The summed E-state index contributed by atoms with van der Waals surface area (Å²) in [4.78, 5) is 0. The van der Waals surface area contributed by atoms with Crippen molar-refractivity contribution in [3.8, 4) is 5.75 Å². The minimum Gasteiger partial charge on any atom is -0.496 e. The molecule has 0 atom stereocenters. The minimum absolute atomic E-state index is 0.771. The molecule has 0 bridgehead atoms. The van der Waals surface area contributed by atoms with Gasteiger partial charge in [-0.25, -0.2) is 0 Å². The summed E-state index contributed by atoms with van der Waals surface area (Å²) in [5.74, 6) is 2.74. The van der Waals surface area contributed by atoms with Crippen LogP contribution >= 0.6 is 0 Å². The van der Waals surface area contributed by atoms with E-state index in [4.69, 9.17) is 4.74 Å². The first-order valence-electron chi connectivity index (χ1n) is 7.24. The van der Waals surface area contributed by atoms with Crippen molar-refractivity contribution >= 4 is 0 Å². The van der Waals surface area contributed by atoms with Crippen LogP contribution in [0.25, 0.3) is 0 Å². The van der Waals surface area contributed by atoms with Crippen LogP contribution in [0.15, 0.2) is 18.2 Å². The van der Waals surface area contributed by atoms with E-state index in [1.165, 1.54) is 56.3 Å². The van der Waals surface area contributed by atoms with E-state index < -0.39 is 0 Å². The zero-order valence-electron chi connectivity index (χ0n) is 11.2. The third kappa shape index (κ3) is 2.69. The van der Waals surface area contributed by atoms with Gasteiger partial charge in [-0.3, -0.25) is 0 Å². The lowest BCUT2D eigenvalue weighted by Crippen LogP contribution is -2.28. The average molecular weight is 245 g/mol. The molecule has 0 unspecified atom stereocenters. The molecular weight excluding hydrogens is 222 g/mol. The topological polar surface area (TPSA) is 21.3 Å². The molecule has 3 rings (SSSR count). The summed E-state index contributed by atoms with van der Waals surface area (Å²) in [5, 5.41) is 3.43. The van der Waals surface area contributed by atoms with Gasteiger partial charge in [-0.1, -0.05) is 12.1 Å². The number of benzene rings is 1. The van der Waals surface area contributed by atoms with Gasteiger partial charge in [-0.15, -0.1) is 0 Å². The second-order valence-corrected chi connectivity index (χ2v) is 5.75. The fraction of sp³-hybridized carbons (Fsp3) is 0.625. The molecule has 1 saturated carbocycles. The molecule has 1 aromatic rings. The minimum atomic E-state index is 0.771. The van der Waals surface area contributed by atoms with Gasteiger partial charge in [0.2, 0.25) is 0 Å². The first-order valence-corrected chi connectivity index (χ1v) is 7.24. The molecule has 0 spiro atoms. The van der Waals surface area contributed by atoms with Gasteiger partial charge in [-0.2, -0.15) is 0 Å². The standard InChI is InChI=1S/C16H23NO/c1-18-16-11-13(2-5-15(16)14-3-4-14)10-12-6-8-17-9-7-12/h2,5,11-12,14,17H,3-4,6-10H2,1H3. The second-order valence-electron chi connectivity index (χ2n) is 5.75. The maximum atomic E-state index is 5.56. The van der Waals surface area contributed by atoms with Crippen LogP contribution in [0.1, 0.15) is 42.7 Å². The first kappa shape index (κ1) is 12.0. The van der Waals surface area contributed by atoms with Crippen molar-refractivity contribution in [1.29, 1.82) is 0 Å². The zero-order valence-corrected chi connectivity index (χ0v) is 11.2. The maximum Gasteiger partial charge on any atom is 0.122 e. The Morgan fingerprint density at radius 1 is 1.17 bits per heavy atom. The molecule has 1 N–H and O–H groups in total. The van der Waals surface area contributed by atoms with E-state index in [9.17, 15) is 0 Å². The quantitative estimate of drug-likeness (QED) is 0.880. The van der Waals surface area contributed by atoms with Crippen LogP contribution in [-0.2, 0) is 6.42 Å². The smallest absolute Gasteiger partial charge is 0.122 e. The number of rotatable bonds is 4. The SMILES string of the molecule is COc1cc(CC2CCNCC2)ccc1C1CC1. The van der Waals surface area contributed by atoms with Crippen LogP contribution < -0.4 is 10.1 Å². The van der Waals surface area contributed by atoms with Crippen molar-refractivity contribution in [2.45, 2.75) is 38.0 Å². The Bertz CT molecular complexity index is 406. The van der Waals surface area contributed by atoms with Gasteiger partial charge >= 0.3 is 0 Å². The van der Waals surface area contributed by atoms with Crippen molar-refractivity contribution in [1.82, 2.24) is 5.32 Å². The highest BCUT2D eigenvalue weighted by Crippen LogP contribution is 2.44. The van der Waals surface area contributed by atoms with E-state index in [1.54, 1.807) is 7.11 Å². The molecule has 0 aromatic heterocycles. The van der Waals surface area contributed by atoms with Crippen LogP contribution in [0.4, 0.5) is 0 Å². The molecule has 1 heterocycles. The van der Waals surface area contributed by atoms with Crippen molar-refractivity contribution in [2.75, 3.05) is 20.2 Å². The Balaban J connectivity index is 1.71. The number of hydrogen-bond donors (Lipinski definition) is 1. The van der Waals surface area contributed by atoms with Crippen molar-refractivity contribution in [2.24, 2.45) is 5.92 Å². The van der Waals surface area contributed by atoms with Crippen molar-refractivity contribution in [3.05, 3.63) is 29.3 Å². The van der Waals surface area contributed by atoms with Gasteiger partial charge in [0.05, 0.1) is 7.11 Å². The zero-order chi connectivity index (χ0) is 12.4. The van der Waals surface area contributed by atoms with E-state index in [0.717, 1.165) is 17.6 Å². The van der Waals surface area contributed by atoms with E-state index in [0.29, 0.717) is 0 Å². The number of nitrogens with one attached hydrogen (secondary N) is 1. The van der Waals surface area contributed by atoms with E-state index in [-0.39, 0.29) is 0 Å². The fourth-order valence-electron chi connectivity index (χ4n) is 3.03. The number of piperidine rings is 1. The normalized spacial score (nSPS) is 20.9. The summed E-state index contributed by atoms with van der Waals surface area (Å²) in [7, 11) is 1.80. The summed E-state index contributed by atoms with van der Waals surface area (Å²) in [6.45, 7) is 2.36. The molecule has 1 aliphatic carbocycles. The largest absolute Gasteiger partial charge is 0.496 e. The molecule has 98 valence electrons. The number of hydrogen-bond acceptors (Lipinski definition) is 2. The summed E-state index contributed by atoms with van der Waals surface area (Å²) < 4.78 is 5.56. The van der Waals surface area contributed by atoms with Gasteiger partial charge in [0.1, 0.15) is 5.75 Å². The summed E-state index contributed by atoms with van der Waals surface area (Å²) >= 11 is 0. The van der Waals surface area contributed by atoms with Crippen molar-refractivity contribution in [3.63, 3.8) is 0 Å². The number of ether oxygens (including phenoxy) is 1. The van der Waals surface area contributed by atoms with Crippen molar-refractivity contribution < 1.29 is 4.74 Å². The van der Waals surface area contributed by atoms with Crippen LogP contribution in [-0.4, -0.2) is 20.2 Å². The van der Waals surface area contributed by atoms with Gasteiger partial charge in [0.15, 0.2) is 0 Å². The van der Waals surface area contributed by atoms with Gasteiger partial charge in [0.25, 0.3) is 0 Å². The molecule has 2 fully saturated rings.